The van der Waals surface area contributed by atoms with Crippen LogP contribution in [0.2, 0.25) is 0 Å². The first-order valence-corrected chi connectivity index (χ1v) is 8.12. The average Bonchev–Trinajstić information content (AvgIpc) is 2.66. The van der Waals surface area contributed by atoms with Crippen molar-refractivity contribution in [1.29, 1.82) is 5.41 Å². The molecule has 0 aliphatic rings. The highest BCUT2D eigenvalue weighted by Gasteiger charge is 2.18. The number of aliphatic carboxylic acids is 1. The summed E-state index contributed by atoms with van der Waals surface area (Å²) in [6.07, 6.45) is 0.0984. The lowest BCUT2D eigenvalue weighted by atomic mass is 10.2. The van der Waals surface area contributed by atoms with E-state index in [2.05, 4.69) is 5.48 Å². The maximum absolute atomic E-state index is 11.9. The number of carboxylic acid groups (broad SMARTS) is 1. The maximum atomic E-state index is 11.9. The molecule has 1 unspecified atom stereocenters. The number of rotatable bonds is 7. The van der Waals surface area contributed by atoms with Gasteiger partial charge in [0.2, 0.25) is 0 Å². The number of hydrogen-bond acceptors (Lipinski definition) is 5. The topological polar surface area (TPSA) is 109 Å². The molecule has 0 saturated heterocycles. The fourth-order valence-electron chi connectivity index (χ4n) is 2.17. The van der Waals surface area contributed by atoms with Crippen LogP contribution in [0.15, 0.2) is 54.6 Å². The molecule has 0 aromatic heterocycles. The van der Waals surface area contributed by atoms with Crippen LogP contribution in [-0.2, 0) is 9.63 Å². The number of nitrogens with one attached hydrogen (secondary N) is 2. The summed E-state index contributed by atoms with van der Waals surface area (Å²) in [4.78, 5) is 27.9. The van der Waals surface area contributed by atoms with Gasteiger partial charge in [0.25, 0.3) is 0 Å². The summed E-state index contributed by atoms with van der Waals surface area (Å²) in [6, 6.07) is 14.8. The number of hydrogen-bond donors (Lipinski definition) is 3. The molecule has 7 nitrogen and oxygen atoms in total. The second-order valence-electron chi connectivity index (χ2n) is 5.49. The predicted octanol–water partition coefficient (Wildman–Crippen LogP) is 3.01. The third-order valence-electron chi connectivity index (χ3n) is 3.48. The van der Waals surface area contributed by atoms with Crippen molar-refractivity contribution in [3.63, 3.8) is 0 Å². The third-order valence-corrected chi connectivity index (χ3v) is 3.48. The minimum atomic E-state index is -1.04. The van der Waals surface area contributed by atoms with Crippen LogP contribution in [0.5, 0.6) is 5.75 Å². The van der Waals surface area contributed by atoms with Gasteiger partial charge in [-0.2, -0.15) is 5.48 Å². The van der Waals surface area contributed by atoms with E-state index in [-0.39, 0.29) is 5.84 Å². The highest BCUT2D eigenvalue weighted by Crippen LogP contribution is 2.17. The number of amidine groups is 1. The van der Waals surface area contributed by atoms with Crippen molar-refractivity contribution in [2.45, 2.75) is 25.9 Å². The first kappa shape index (κ1) is 19.0. The number of carbonyl (C=O) groups is 2. The lowest BCUT2D eigenvalue weighted by Gasteiger charge is -2.15. The fourth-order valence-corrected chi connectivity index (χ4v) is 2.17. The zero-order valence-corrected chi connectivity index (χ0v) is 14.3. The molecule has 26 heavy (non-hydrogen) atoms. The second kappa shape index (κ2) is 9.22. The Balaban J connectivity index is 1.99. The molecule has 0 radical (unpaired) electrons. The predicted molar refractivity (Wildman–Crippen MR) is 95.2 cm³/mol. The molecule has 136 valence electrons. The van der Waals surface area contributed by atoms with Gasteiger partial charge >= 0.3 is 11.9 Å². The van der Waals surface area contributed by atoms with Gasteiger partial charge in [0.1, 0.15) is 5.75 Å². The van der Waals surface area contributed by atoms with Gasteiger partial charge in [-0.3, -0.25) is 5.41 Å². The van der Waals surface area contributed by atoms with Crippen molar-refractivity contribution in [2.75, 3.05) is 0 Å². The number of benzene rings is 2. The minimum absolute atomic E-state index is 0.151. The van der Waals surface area contributed by atoms with E-state index >= 15 is 0 Å². The van der Waals surface area contributed by atoms with Gasteiger partial charge < -0.3 is 14.7 Å². The standard InChI is InChI=1S/C19H20N2O5/c1-2-7-16(18(22)23)25-15-11-6-10-14(12-15)17(20)21-26-19(24)13-8-4-3-5-9-13/h3-6,8-12,16H,2,7H2,1H3,(H2,20,21)(H,22,23). The van der Waals surface area contributed by atoms with Crippen molar-refractivity contribution in [1.82, 2.24) is 5.48 Å². The van der Waals surface area contributed by atoms with E-state index < -0.39 is 18.0 Å². The van der Waals surface area contributed by atoms with Crippen LogP contribution in [0.3, 0.4) is 0 Å². The number of carbonyl (C=O) groups excluding carboxylic acids is 1. The molecule has 7 heteroatoms. The van der Waals surface area contributed by atoms with Crippen molar-refractivity contribution in [2.24, 2.45) is 0 Å². The summed E-state index contributed by atoms with van der Waals surface area (Å²) in [7, 11) is 0. The van der Waals surface area contributed by atoms with Gasteiger partial charge in [-0.05, 0) is 30.7 Å². The van der Waals surface area contributed by atoms with Crippen LogP contribution < -0.4 is 10.2 Å². The zero-order chi connectivity index (χ0) is 18.9. The monoisotopic (exact) mass is 356 g/mol. The average molecular weight is 356 g/mol. The summed E-state index contributed by atoms with van der Waals surface area (Å²) in [5.74, 6) is -1.48. The largest absolute Gasteiger partial charge is 0.479 e. The third kappa shape index (κ3) is 5.34. The molecule has 0 aliphatic heterocycles. The van der Waals surface area contributed by atoms with Gasteiger partial charge in [0.05, 0.1) is 5.56 Å². The van der Waals surface area contributed by atoms with E-state index in [4.69, 9.17) is 20.1 Å². The summed E-state index contributed by atoms with van der Waals surface area (Å²) >= 11 is 0. The molecule has 0 aliphatic carbocycles. The van der Waals surface area contributed by atoms with Crippen LogP contribution >= 0.6 is 0 Å². The molecule has 2 aromatic carbocycles. The lowest BCUT2D eigenvalue weighted by molar-refractivity contribution is -0.145. The summed E-state index contributed by atoms with van der Waals surface area (Å²) in [5, 5.41) is 17.1. The molecule has 0 bridgehead atoms. The molecule has 0 spiro atoms. The Morgan fingerprint density at radius 1 is 1.12 bits per heavy atom. The highest BCUT2D eigenvalue weighted by atomic mass is 16.7. The summed E-state index contributed by atoms with van der Waals surface area (Å²) < 4.78 is 5.47. The number of ether oxygens (including phenoxy) is 1. The van der Waals surface area contributed by atoms with Crippen LogP contribution in [0.25, 0.3) is 0 Å². The van der Waals surface area contributed by atoms with Crippen LogP contribution in [0.1, 0.15) is 35.7 Å². The van der Waals surface area contributed by atoms with Crippen molar-refractivity contribution < 1.29 is 24.3 Å². The van der Waals surface area contributed by atoms with E-state index in [1.807, 2.05) is 6.92 Å². The second-order valence-corrected chi connectivity index (χ2v) is 5.49. The Kier molecular flexibility index (Phi) is 6.73. The first-order valence-electron chi connectivity index (χ1n) is 8.12. The van der Waals surface area contributed by atoms with Crippen molar-refractivity contribution >= 4 is 17.8 Å². The zero-order valence-electron chi connectivity index (χ0n) is 14.3. The Hall–Kier alpha value is -3.35. The Labute approximate surface area is 151 Å². The van der Waals surface area contributed by atoms with Crippen molar-refractivity contribution in [3.05, 3.63) is 65.7 Å². The Morgan fingerprint density at radius 3 is 2.46 bits per heavy atom. The highest BCUT2D eigenvalue weighted by molar-refractivity contribution is 5.97. The van der Waals surface area contributed by atoms with Gasteiger partial charge in [0.15, 0.2) is 11.9 Å². The fraction of sp³-hybridized carbons (Fsp3) is 0.211. The first-order chi connectivity index (χ1) is 12.5. The van der Waals surface area contributed by atoms with Gasteiger partial charge in [-0.25, -0.2) is 9.59 Å². The maximum Gasteiger partial charge on any atom is 0.362 e. The van der Waals surface area contributed by atoms with E-state index in [0.717, 1.165) is 0 Å². The van der Waals surface area contributed by atoms with E-state index in [0.29, 0.717) is 29.7 Å². The Morgan fingerprint density at radius 2 is 1.81 bits per heavy atom. The van der Waals surface area contributed by atoms with Crippen LogP contribution in [-0.4, -0.2) is 29.0 Å². The lowest BCUT2D eigenvalue weighted by Crippen LogP contribution is -2.28. The molecule has 2 aromatic rings. The van der Waals surface area contributed by atoms with Gasteiger partial charge in [-0.15, -0.1) is 0 Å². The molecule has 0 heterocycles. The summed E-state index contributed by atoms with van der Waals surface area (Å²) in [5.41, 5.74) is 3.04. The SMILES string of the molecule is CCCC(Oc1cccc(C(=N)NOC(=O)c2ccccc2)c1)C(=O)O. The van der Waals surface area contributed by atoms with Crippen LogP contribution in [0.4, 0.5) is 0 Å². The van der Waals surface area contributed by atoms with Gasteiger partial charge in [-0.1, -0.05) is 43.7 Å². The quantitative estimate of drug-likeness (QED) is 0.400. The Bertz CT molecular complexity index is 777. The van der Waals surface area contributed by atoms with E-state index in [9.17, 15) is 9.59 Å². The van der Waals surface area contributed by atoms with E-state index in [1.165, 1.54) is 6.07 Å². The molecule has 0 fully saturated rings. The minimum Gasteiger partial charge on any atom is -0.479 e. The van der Waals surface area contributed by atoms with E-state index in [1.54, 1.807) is 48.5 Å². The smallest absolute Gasteiger partial charge is 0.362 e. The molecule has 0 amide bonds. The van der Waals surface area contributed by atoms with Gasteiger partial charge in [0, 0.05) is 5.56 Å². The molecular weight excluding hydrogens is 336 g/mol. The molecular formula is C19H20N2O5. The van der Waals surface area contributed by atoms with Crippen LogP contribution in [0, 0.1) is 5.41 Å². The van der Waals surface area contributed by atoms with Crippen molar-refractivity contribution in [3.8, 4) is 5.75 Å². The number of hydroxylamine groups is 1. The molecule has 0 saturated carbocycles. The molecule has 1 atom stereocenters. The normalized spacial score (nSPS) is 11.3. The molecule has 3 N–H and O–H groups in total. The number of carboxylic acids is 1. The summed E-state index contributed by atoms with van der Waals surface area (Å²) in [6.45, 7) is 1.87. The molecule has 2 rings (SSSR count).